The van der Waals surface area contributed by atoms with Crippen LogP contribution in [0.3, 0.4) is 0 Å². The van der Waals surface area contributed by atoms with Crippen molar-refractivity contribution in [1.82, 2.24) is 0 Å². The molecule has 5 nitrogen and oxygen atoms in total. The van der Waals surface area contributed by atoms with Gasteiger partial charge >= 0.3 is 5.97 Å². The lowest BCUT2D eigenvalue weighted by Gasteiger charge is -2.26. The normalized spacial score (nSPS) is 12.0. The standard InChI is InChI=1S/C56H48N2O3/c1-55(2,3)47-23-13-39(14-24-47)42-19-29-50(30-20-42)58(51-31-21-43(22-32-51)40-15-25-48(26-16-40)56(4,5)6)49-27-17-41(18-28-49)38-9-11-44(12-10-38)53-35-45-8-7-37(34-52(45)61-53)33-46(36-57)54(59)60/h7-35H,1-6H3,(H,59,60)/b46-33-. The molecule has 8 rings (SSSR count). The topological polar surface area (TPSA) is 77.5 Å². The third-order valence-electron chi connectivity index (χ3n) is 11.3. The maximum absolute atomic E-state index is 11.3. The Kier molecular flexibility index (Phi) is 10.8. The Morgan fingerprint density at radius 1 is 0.525 bits per heavy atom. The number of rotatable bonds is 9. The number of carbonyl (C=O) groups is 1. The lowest BCUT2D eigenvalue weighted by Crippen LogP contribution is -2.10. The SMILES string of the molecule is CC(C)(C)c1ccc(-c2ccc(N(c3ccc(-c4ccc(-c5cc6ccc(/C=C(/C#N)C(=O)O)cc6o5)cc4)cc3)c3ccc(-c4ccc(C(C)(C)C)cc4)cc3)cc2)cc1. The van der Waals surface area contributed by atoms with Gasteiger partial charge in [0.05, 0.1) is 0 Å². The minimum atomic E-state index is -1.26. The number of furan rings is 1. The highest BCUT2D eigenvalue weighted by atomic mass is 16.4. The predicted octanol–water partition coefficient (Wildman–Crippen LogP) is 15.2. The summed E-state index contributed by atoms with van der Waals surface area (Å²) in [6.07, 6.45) is 1.34. The first-order chi connectivity index (χ1) is 29.2. The lowest BCUT2D eigenvalue weighted by atomic mass is 9.86. The molecule has 1 N–H and O–H groups in total. The molecule has 0 bridgehead atoms. The van der Waals surface area contributed by atoms with Crippen LogP contribution in [-0.2, 0) is 15.6 Å². The molecule has 0 aliphatic rings. The van der Waals surface area contributed by atoms with Crippen molar-refractivity contribution < 1.29 is 14.3 Å². The molecular weight excluding hydrogens is 749 g/mol. The van der Waals surface area contributed by atoms with Crippen LogP contribution < -0.4 is 4.90 Å². The molecule has 0 fully saturated rings. The third kappa shape index (κ3) is 8.81. The summed E-state index contributed by atoms with van der Waals surface area (Å²) in [5.41, 5.74) is 14.7. The van der Waals surface area contributed by atoms with E-state index in [-0.39, 0.29) is 16.4 Å². The van der Waals surface area contributed by atoms with Gasteiger partial charge in [-0.2, -0.15) is 5.26 Å². The largest absolute Gasteiger partial charge is 0.477 e. The van der Waals surface area contributed by atoms with E-state index >= 15 is 0 Å². The van der Waals surface area contributed by atoms with Crippen LogP contribution in [0.4, 0.5) is 17.1 Å². The van der Waals surface area contributed by atoms with E-state index in [1.807, 2.05) is 24.3 Å². The van der Waals surface area contributed by atoms with E-state index < -0.39 is 5.97 Å². The van der Waals surface area contributed by atoms with Gasteiger partial charge in [-0.1, -0.05) is 163 Å². The fourth-order valence-corrected chi connectivity index (χ4v) is 7.60. The Bertz CT molecular complexity index is 2800. The summed E-state index contributed by atoms with van der Waals surface area (Å²) in [6, 6.07) is 61.5. The van der Waals surface area contributed by atoms with Crippen LogP contribution in [0.25, 0.3) is 61.7 Å². The van der Waals surface area contributed by atoms with E-state index in [0.29, 0.717) is 16.9 Å². The van der Waals surface area contributed by atoms with Crippen LogP contribution in [0.5, 0.6) is 0 Å². The Labute approximate surface area is 358 Å². The molecule has 0 aliphatic heterocycles. The molecule has 0 saturated heterocycles. The van der Waals surface area contributed by atoms with Crippen molar-refractivity contribution in [2.75, 3.05) is 4.90 Å². The minimum Gasteiger partial charge on any atom is -0.477 e. The molecule has 0 aliphatic carbocycles. The van der Waals surface area contributed by atoms with Gasteiger partial charge in [0.25, 0.3) is 0 Å². The molecular formula is C56H48N2O3. The summed E-state index contributed by atoms with van der Waals surface area (Å²) >= 11 is 0. The van der Waals surface area contributed by atoms with Gasteiger partial charge in [-0.15, -0.1) is 0 Å². The molecule has 0 amide bonds. The van der Waals surface area contributed by atoms with Crippen LogP contribution >= 0.6 is 0 Å². The van der Waals surface area contributed by atoms with Crippen molar-refractivity contribution >= 4 is 40.1 Å². The minimum absolute atomic E-state index is 0.103. The second-order valence-electron chi connectivity index (χ2n) is 17.6. The molecule has 0 saturated carbocycles. The van der Waals surface area contributed by atoms with E-state index in [1.54, 1.807) is 18.2 Å². The monoisotopic (exact) mass is 796 g/mol. The fourth-order valence-electron chi connectivity index (χ4n) is 7.60. The number of fused-ring (bicyclic) bond motifs is 1. The third-order valence-corrected chi connectivity index (χ3v) is 11.3. The number of hydrogen-bond acceptors (Lipinski definition) is 4. The number of aliphatic carboxylic acids is 1. The first-order valence-electron chi connectivity index (χ1n) is 20.6. The number of benzene rings is 7. The molecule has 0 atom stereocenters. The van der Waals surface area contributed by atoms with Gasteiger partial charge in [-0.05, 0) is 116 Å². The average molecular weight is 797 g/mol. The van der Waals surface area contributed by atoms with Gasteiger partial charge in [-0.3, -0.25) is 0 Å². The summed E-state index contributed by atoms with van der Waals surface area (Å²) < 4.78 is 6.18. The van der Waals surface area contributed by atoms with E-state index in [4.69, 9.17) is 9.68 Å². The molecule has 0 spiro atoms. The first kappa shape index (κ1) is 40.4. The van der Waals surface area contributed by atoms with Crippen molar-refractivity contribution in [3.8, 4) is 50.8 Å². The van der Waals surface area contributed by atoms with Crippen molar-refractivity contribution in [3.63, 3.8) is 0 Å². The predicted molar refractivity (Wildman–Crippen MR) is 251 cm³/mol. The lowest BCUT2D eigenvalue weighted by molar-refractivity contribution is -0.132. The summed E-state index contributed by atoms with van der Waals surface area (Å²) in [4.78, 5) is 13.6. The highest BCUT2D eigenvalue weighted by Gasteiger charge is 2.17. The highest BCUT2D eigenvalue weighted by Crippen LogP contribution is 2.39. The Hall–Kier alpha value is -7.42. The summed E-state index contributed by atoms with van der Waals surface area (Å²) in [5.74, 6) is -0.560. The number of carboxylic acid groups (broad SMARTS) is 1. The van der Waals surface area contributed by atoms with Crippen molar-refractivity contribution in [3.05, 3.63) is 192 Å². The second kappa shape index (κ2) is 16.3. The van der Waals surface area contributed by atoms with E-state index in [1.165, 1.54) is 39.5 Å². The van der Waals surface area contributed by atoms with E-state index in [0.717, 1.165) is 39.1 Å². The fraction of sp³-hybridized carbons (Fsp3) is 0.143. The molecule has 1 aromatic heterocycles. The van der Waals surface area contributed by atoms with Crippen LogP contribution in [0.15, 0.2) is 180 Å². The van der Waals surface area contributed by atoms with Crippen LogP contribution in [0.1, 0.15) is 58.2 Å². The number of nitrogens with zero attached hydrogens (tertiary/aromatic N) is 2. The average Bonchev–Trinajstić information content (AvgIpc) is 3.70. The first-order valence-corrected chi connectivity index (χ1v) is 20.6. The van der Waals surface area contributed by atoms with Gasteiger partial charge in [0, 0.05) is 28.0 Å². The smallest absolute Gasteiger partial charge is 0.346 e. The van der Waals surface area contributed by atoms with Crippen molar-refractivity contribution in [2.45, 2.75) is 52.4 Å². The molecule has 1 heterocycles. The molecule has 300 valence electrons. The quantitative estimate of drug-likeness (QED) is 0.116. The summed E-state index contributed by atoms with van der Waals surface area (Å²) in [5, 5.41) is 19.3. The van der Waals surface area contributed by atoms with Crippen LogP contribution in [0, 0.1) is 11.3 Å². The summed E-state index contributed by atoms with van der Waals surface area (Å²) in [7, 11) is 0. The van der Waals surface area contributed by atoms with Gasteiger partial charge < -0.3 is 14.4 Å². The van der Waals surface area contributed by atoms with E-state index in [9.17, 15) is 9.90 Å². The maximum Gasteiger partial charge on any atom is 0.346 e. The van der Waals surface area contributed by atoms with Crippen LogP contribution in [-0.4, -0.2) is 11.1 Å². The van der Waals surface area contributed by atoms with Gasteiger partial charge in [0.1, 0.15) is 23.0 Å². The Balaban J connectivity index is 1.07. The molecule has 61 heavy (non-hydrogen) atoms. The molecule has 0 unspecified atom stereocenters. The number of anilines is 3. The Morgan fingerprint density at radius 2 is 0.885 bits per heavy atom. The number of hydrogen-bond donors (Lipinski definition) is 1. The van der Waals surface area contributed by atoms with Gasteiger partial charge in [0.2, 0.25) is 0 Å². The van der Waals surface area contributed by atoms with Gasteiger partial charge in [-0.25, -0.2) is 4.79 Å². The highest BCUT2D eigenvalue weighted by molar-refractivity contribution is 5.97. The molecule has 7 aromatic carbocycles. The van der Waals surface area contributed by atoms with Crippen molar-refractivity contribution in [1.29, 1.82) is 5.26 Å². The zero-order valence-corrected chi connectivity index (χ0v) is 35.4. The zero-order chi connectivity index (χ0) is 42.9. The maximum atomic E-state index is 11.3. The number of carboxylic acids is 1. The zero-order valence-electron chi connectivity index (χ0n) is 35.4. The second-order valence-corrected chi connectivity index (χ2v) is 17.6. The Morgan fingerprint density at radius 3 is 1.25 bits per heavy atom. The molecule has 0 radical (unpaired) electrons. The van der Waals surface area contributed by atoms with Crippen molar-refractivity contribution in [2.24, 2.45) is 0 Å². The van der Waals surface area contributed by atoms with Gasteiger partial charge in [0.15, 0.2) is 0 Å². The number of nitriles is 1. The molecule has 8 aromatic rings. The summed E-state index contributed by atoms with van der Waals surface area (Å²) in [6.45, 7) is 13.4. The van der Waals surface area contributed by atoms with Crippen LogP contribution in [0.2, 0.25) is 0 Å². The van der Waals surface area contributed by atoms with E-state index in [2.05, 4.69) is 180 Å². The molecule has 5 heteroatoms.